The van der Waals surface area contributed by atoms with Crippen molar-refractivity contribution >= 4 is 71.3 Å². The van der Waals surface area contributed by atoms with E-state index >= 15 is 0 Å². The van der Waals surface area contributed by atoms with Gasteiger partial charge in [-0.05, 0) is 59.3 Å². The number of rotatable bonds is 6. The summed E-state index contributed by atoms with van der Waals surface area (Å²) in [6.45, 7) is 0. The second-order valence-corrected chi connectivity index (χ2v) is 14.4. The second kappa shape index (κ2) is 13.6. The molecule has 4 nitrogen and oxygen atoms in total. The van der Waals surface area contributed by atoms with Crippen LogP contribution in [0, 0.1) is 0 Å². The standard InChI is InChI=1S/C53H34N4/c1-4-14-36(15-5-1)47-33-28-38-23-24-39-29-34-48(55-52(39)51(38)54-47)44-21-12-22-45-49-43-20-11-10-13-35(43)27-32-46(49)50(56-53(44)45)37-25-30-42(31-26-37)57(40-16-6-2-7-17-40)41-18-8-3-9-19-41/h1-34H. The third-order valence-electron chi connectivity index (χ3n) is 11.0. The van der Waals surface area contributed by atoms with Gasteiger partial charge in [0.05, 0.1) is 33.6 Å². The number of hydrogen-bond acceptors (Lipinski definition) is 4. The van der Waals surface area contributed by atoms with Crippen LogP contribution in [0.3, 0.4) is 0 Å². The number of benzene rings is 8. The number of pyridine rings is 3. The third kappa shape index (κ3) is 5.66. The first-order valence-electron chi connectivity index (χ1n) is 19.3. The lowest BCUT2D eigenvalue weighted by molar-refractivity contribution is 1.28. The van der Waals surface area contributed by atoms with Gasteiger partial charge in [0.1, 0.15) is 0 Å². The quantitative estimate of drug-likeness (QED) is 0.160. The van der Waals surface area contributed by atoms with Crippen molar-refractivity contribution < 1.29 is 0 Å². The first-order chi connectivity index (χ1) is 28.3. The predicted octanol–water partition coefficient (Wildman–Crippen LogP) is 14.1. The Bertz CT molecular complexity index is 3230. The van der Waals surface area contributed by atoms with Crippen LogP contribution in [0.2, 0.25) is 0 Å². The van der Waals surface area contributed by atoms with Crippen LogP contribution in [-0.4, -0.2) is 15.0 Å². The maximum absolute atomic E-state index is 5.57. The lowest BCUT2D eigenvalue weighted by Crippen LogP contribution is -2.09. The van der Waals surface area contributed by atoms with Crippen molar-refractivity contribution in [2.45, 2.75) is 0 Å². The lowest BCUT2D eigenvalue weighted by atomic mass is 9.93. The number of nitrogens with zero attached hydrogens (tertiary/aromatic N) is 4. The summed E-state index contributed by atoms with van der Waals surface area (Å²) in [5, 5.41) is 7.91. The zero-order chi connectivity index (χ0) is 37.7. The molecule has 0 radical (unpaired) electrons. The molecule has 0 amide bonds. The molecular formula is C53H34N4. The van der Waals surface area contributed by atoms with Crippen molar-refractivity contribution in [1.29, 1.82) is 0 Å². The number of hydrogen-bond donors (Lipinski definition) is 0. The average molecular weight is 727 g/mol. The number of fused-ring (bicyclic) bond motifs is 8. The summed E-state index contributed by atoms with van der Waals surface area (Å²) in [6.07, 6.45) is 0. The Morgan fingerprint density at radius 1 is 0.298 bits per heavy atom. The normalized spacial score (nSPS) is 11.5. The molecule has 0 bridgehead atoms. The van der Waals surface area contributed by atoms with Gasteiger partial charge >= 0.3 is 0 Å². The fourth-order valence-corrected chi connectivity index (χ4v) is 8.28. The summed E-state index contributed by atoms with van der Waals surface area (Å²) in [7, 11) is 0. The molecule has 0 spiro atoms. The third-order valence-corrected chi connectivity index (χ3v) is 11.0. The highest BCUT2D eigenvalue weighted by molar-refractivity contribution is 6.24. The van der Waals surface area contributed by atoms with Gasteiger partial charge < -0.3 is 4.90 Å². The summed E-state index contributed by atoms with van der Waals surface area (Å²) >= 11 is 0. The Kier molecular flexibility index (Phi) is 7.78. The molecule has 0 aliphatic carbocycles. The van der Waals surface area contributed by atoms with Gasteiger partial charge in [-0.25, -0.2) is 15.0 Å². The Labute approximate surface area is 330 Å². The minimum Gasteiger partial charge on any atom is -0.311 e. The van der Waals surface area contributed by atoms with E-state index in [9.17, 15) is 0 Å². The van der Waals surface area contributed by atoms with E-state index in [1.807, 2.05) is 18.2 Å². The van der Waals surface area contributed by atoms with Crippen molar-refractivity contribution in [2.24, 2.45) is 0 Å². The Balaban J connectivity index is 1.12. The van der Waals surface area contributed by atoms with Crippen LogP contribution in [0.4, 0.5) is 17.1 Å². The molecule has 3 heterocycles. The maximum atomic E-state index is 5.57. The molecule has 11 rings (SSSR count). The molecule has 8 aromatic carbocycles. The summed E-state index contributed by atoms with van der Waals surface area (Å²) in [4.78, 5) is 18.4. The van der Waals surface area contributed by atoms with Crippen LogP contribution >= 0.6 is 0 Å². The minimum atomic E-state index is 0.863. The van der Waals surface area contributed by atoms with Gasteiger partial charge in [-0.2, -0.15) is 0 Å². The van der Waals surface area contributed by atoms with E-state index in [2.05, 4.69) is 193 Å². The highest BCUT2D eigenvalue weighted by Crippen LogP contribution is 2.41. The van der Waals surface area contributed by atoms with Crippen LogP contribution in [-0.2, 0) is 0 Å². The van der Waals surface area contributed by atoms with Gasteiger partial charge in [-0.15, -0.1) is 0 Å². The Morgan fingerprint density at radius 3 is 1.54 bits per heavy atom. The highest BCUT2D eigenvalue weighted by atomic mass is 15.1. The monoisotopic (exact) mass is 726 g/mol. The van der Waals surface area contributed by atoms with Crippen molar-refractivity contribution in [3.05, 3.63) is 206 Å². The van der Waals surface area contributed by atoms with Crippen LogP contribution in [0.15, 0.2) is 206 Å². The molecule has 0 aliphatic heterocycles. The summed E-state index contributed by atoms with van der Waals surface area (Å²) in [6, 6.07) is 72.5. The van der Waals surface area contributed by atoms with Crippen LogP contribution < -0.4 is 4.90 Å². The molecule has 266 valence electrons. The van der Waals surface area contributed by atoms with Gasteiger partial charge in [-0.3, -0.25) is 0 Å². The molecule has 0 saturated carbocycles. The fourth-order valence-electron chi connectivity index (χ4n) is 8.28. The first kappa shape index (κ1) is 32.7. The molecule has 0 unspecified atom stereocenters. The average Bonchev–Trinajstić information content (AvgIpc) is 3.29. The van der Waals surface area contributed by atoms with Gasteiger partial charge in [0.25, 0.3) is 0 Å². The summed E-state index contributed by atoms with van der Waals surface area (Å²) in [5.74, 6) is 0. The molecule has 4 heteroatoms. The molecule has 57 heavy (non-hydrogen) atoms. The van der Waals surface area contributed by atoms with E-state index in [-0.39, 0.29) is 0 Å². The molecule has 11 aromatic rings. The van der Waals surface area contributed by atoms with E-state index in [4.69, 9.17) is 15.0 Å². The van der Waals surface area contributed by atoms with Gasteiger partial charge in [0, 0.05) is 60.7 Å². The predicted molar refractivity (Wildman–Crippen MR) is 238 cm³/mol. The zero-order valence-electron chi connectivity index (χ0n) is 30.9. The SMILES string of the molecule is c1ccc(-c2ccc3ccc4ccc(-c5cccc6c5nc(-c5ccc(N(c7ccccc7)c7ccccc7)cc5)c5ccc7ccccc7c56)nc4c3n2)cc1. The zero-order valence-corrected chi connectivity index (χ0v) is 30.9. The fraction of sp³-hybridized carbons (Fsp3) is 0. The minimum absolute atomic E-state index is 0.863. The van der Waals surface area contributed by atoms with Crippen molar-refractivity contribution in [1.82, 2.24) is 15.0 Å². The van der Waals surface area contributed by atoms with E-state index in [0.29, 0.717) is 0 Å². The molecule has 0 fully saturated rings. The summed E-state index contributed by atoms with van der Waals surface area (Å²) in [5.41, 5.74) is 11.8. The van der Waals surface area contributed by atoms with E-state index in [1.54, 1.807) is 0 Å². The first-order valence-corrected chi connectivity index (χ1v) is 19.3. The Hall–Kier alpha value is -7.69. The highest BCUT2D eigenvalue weighted by Gasteiger charge is 2.19. The van der Waals surface area contributed by atoms with Gasteiger partial charge in [0.15, 0.2) is 0 Å². The van der Waals surface area contributed by atoms with Crippen LogP contribution in [0.5, 0.6) is 0 Å². The van der Waals surface area contributed by atoms with E-state index < -0.39 is 0 Å². The topological polar surface area (TPSA) is 41.9 Å². The van der Waals surface area contributed by atoms with Crippen molar-refractivity contribution in [2.75, 3.05) is 4.90 Å². The molecule has 0 atom stereocenters. The maximum Gasteiger partial charge on any atom is 0.0972 e. The lowest BCUT2D eigenvalue weighted by Gasteiger charge is -2.25. The van der Waals surface area contributed by atoms with Crippen LogP contribution in [0.25, 0.3) is 88.0 Å². The summed E-state index contributed by atoms with van der Waals surface area (Å²) < 4.78 is 0. The molecule has 0 aliphatic rings. The molecule has 0 N–H and O–H groups in total. The van der Waals surface area contributed by atoms with E-state index in [0.717, 1.165) is 88.9 Å². The molecule has 3 aromatic heterocycles. The van der Waals surface area contributed by atoms with Gasteiger partial charge in [0.2, 0.25) is 0 Å². The Morgan fingerprint density at radius 2 is 0.842 bits per heavy atom. The molecule has 0 saturated heterocycles. The number of aromatic nitrogens is 3. The van der Waals surface area contributed by atoms with Crippen molar-refractivity contribution in [3.63, 3.8) is 0 Å². The van der Waals surface area contributed by atoms with Crippen molar-refractivity contribution in [3.8, 4) is 33.8 Å². The largest absolute Gasteiger partial charge is 0.311 e. The van der Waals surface area contributed by atoms with E-state index in [1.165, 1.54) is 16.2 Å². The van der Waals surface area contributed by atoms with Gasteiger partial charge in [-0.1, -0.05) is 158 Å². The number of anilines is 3. The molecular weight excluding hydrogens is 693 g/mol. The second-order valence-electron chi connectivity index (χ2n) is 14.4. The number of para-hydroxylation sites is 3. The van der Waals surface area contributed by atoms with Crippen LogP contribution in [0.1, 0.15) is 0 Å². The smallest absolute Gasteiger partial charge is 0.0972 e.